The molecular formula is C12H21N3. The van der Waals surface area contributed by atoms with E-state index in [-0.39, 0.29) is 0 Å². The van der Waals surface area contributed by atoms with E-state index in [0.717, 1.165) is 25.4 Å². The molecule has 1 aromatic rings. The van der Waals surface area contributed by atoms with Crippen molar-refractivity contribution in [3.8, 4) is 0 Å². The van der Waals surface area contributed by atoms with Gasteiger partial charge in [0.2, 0.25) is 0 Å². The summed E-state index contributed by atoms with van der Waals surface area (Å²) >= 11 is 0. The molecule has 1 aromatic heterocycles. The lowest BCUT2D eigenvalue weighted by Crippen LogP contribution is -2.19. The molecule has 1 fully saturated rings. The van der Waals surface area contributed by atoms with Crippen LogP contribution in [0.1, 0.15) is 38.2 Å². The highest BCUT2D eigenvalue weighted by Crippen LogP contribution is 2.31. The van der Waals surface area contributed by atoms with E-state index in [1.54, 1.807) is 0 Å². The van der Waals surface area contributed by atoms with Gasteiger partial charge in [0.25, 0.3) is 0 Å². The number of H-pyrrole nitrogens is 1. The van der Waals surface area contributed by atoms with Crippen LogP contribution in [0.5, 0.6) is 0 Å². The number of nitrogens with one attached hydrogen (secondary N) is 2. The van der Waals surface area contributed by atoms with Crippen LogP contribution in [0.2, 0.25) is 0 Å². The molecule has 0 radical (unpaired) electrons. The Hall–Kier alpha value is -0.830. The summed E-state index contributed by atoms with van der Waals surface area (Å²) in [6, 6.07) is 0. The normalized spacial score (nSPS) is 16.2. The molecule has 0 unspecified atom stereocenters. The molecule has 0 spiro atoms. The van der Waals surface area contributed by atoms with Crippen molar-refractivity contribution >= 4 is 0 Å². The third kappa shape index (κ3) is 3.67. The quantitative estimate of drug-likeness (QED) is 0.750. The van der Waals surface area contributed by atoms with Gasteiger partial charge in [0.1, 0.15) is 5.82 Å². The molecule has 3 heteroatoms. The number of hydrogen-bond acceptors (Lipinski definition) is 2. The third-order valence-corrected chi connectivity index (χ3v) is 2.73. The first-order valence-corrected chi connectivity index (χ1v) is 5.97. The molecule has 84 valence electrons. The molecule has 1 saturated carbocycles. The highest BCUT2D eigenvalue weighted by atomic mass is 15.0. The van der Waals surface area contributed by atoms with E-state index in [0.29, 0.717) is 5.92 Å². The Bertz CT molecular complexity index is 300. The molecule has 1 aliphatic carbocycles. The average Bonchev–Trinajstić information content (AvgIpc) is 2.86. The number of aromatic amines is 1. The predicted molar refractivity (Wildman–Crippen MR) is 61.6 cm³/mol. The first-order chi connectivity index (χ1) is 7.24. The Morgan fingerprint density at radius 1 is 1.53 bits per heavy atom. The van der Waals surface area contributed by atoms with Crippen molar-refractivity contribution in [2.45, 2.75) is 39.7 Å². The van der Waals surface area contributed by atoms with Gasteiger partial charge in [-0.15, -0.1) is 0 Å². The number of rotatable bonds is 6. The second-order valence-electron chi connectivity index (χ2n) is 5.03. The minimum absolute atomic E-state index is 0.707. The van der Waals surface area contributed by atoms with Gasteiger partial charge in [0.15, 0.2) is 0 Å². The van der Waals surface area contributed by atoms with Gasteiger partial charge in [0, 0.05) is 24.9 Å². The maximum atomic E-state index is 4.40. The van der Waals surface area contributed by atoms with E-state index in [4.69, 9.17) is 0 Å². The predicted octanol–water partition coefficient (Wildman–Crippen LogP) is 2.11. The summed E-state index contributed by atoms with van der Waals surface area (Å²) in [6.07, 6.45) is 5.89. The van der Waals surface area contributed by atoms with E-state index < -0.39 is 0 Å². The third-order valence-electron chi connectivity index (χ3n) is 2.73. The van der Waals surface area contributed by atoms with E-state index in [1.165, 1.54) is 24.4 Å². The van der Waals surface area contributed by atoms with Crippen molar-refractivity contribution in [1.82, 2.24) is 15.3 Å². The van der Waals surface area contributed by atoms with Crippen molar-refractivity contribution in [2.24, 2.45) is 11.8 Å². The molecule has 2 rings (SSSR count). The molecule has 0 atom stereocenters. The second-order valence-corrected chi connectivity index (χ2v) is 5.03. The van der Waals surface area contributed by atoms with Crippen LogP contribution in [-0.2, 0) is 13.0 Å². The Balaban J connectivity index is 1.73. The van der Waals surface area contributed by atoms with Gasteiger partial charge in [-0.3, -0.25) is 0 Å². The van der Waals surface area contributed by atoms with Crippen LogP contribution in [0.25, 0.3) is 0 Å². The summed E-state index contributed by atoms with van der Waals surface area (Å²) in [6.45, 7) is 6.42. The zero-order valence-electron chi connectivity index (χ0n) is 9.71. The molecule has 1 aliphatic rings. The highest BCUT2D eigenvalue weighted by molar-refractivity contribution is 5.02. The SMILES string of the molecule is CC(C)CNCc1cnc(CC2CC2)[nH]1. The van der Waals surface area contributed by atoms with Gasteiger partial charge in [-0.05, 0) is 31.2 Å². The maximum absolute atomic E-state index is 4.40. The first kappa shape index (κ1) is 10.7. The van der Waals surface area contributed by atoms with Crippen molar-refractivity contribution in [3.05, 3.63) is 17.7 Å². The Morgan fingerprint density at radius 3 is 3.00 bits per heavy atom. The lowest BCUT2D eigenvalue weighted by Gasteiger charge is -2.05. The molecule has 1 heterocycles. The van der Waals surface area contributed by atoms with Crippen LogP contribution in [0.4, 0.5) is 0 Å². The zero-order chi connectivity index (χ0) is 10.7. The van der Waals surface area contributed by atoms with Crippen molar-refractivity contribution < 1.29 is 0 Å². The van der Waals surface area contributed by atoms with Crippen LogP contribution in [0.3, 0.4) is 0 Å². The molecule has 0 saturated heterocycles. The van der Waals surface area contributed by atoms with Gasteiger partial charge in [0.05, 0.1) is 0 Å². The number of hydrogen-bond donors (Lipinski definition) is 2. The summed E-state index contributed by atoms with van der Waals surface area (Å²) < 4.78 is 0. The fourth-order valence-electron chi connectivity index (χ4n) is 1.69. The Kier molecular flexibility index (Phi) is 3.41. The number of aromatic nitrogens is 2. The van der Waals surface area contributed by atoms with Gasteiger partial charge < -0.3 is 10.3 Å². The summed E-state index contributed by atoms with van der Waals surface area (Å²) in [5.41, 5.74) is 1.21. The van der Waals surface area contributed by atoms with E-state index >= 15 is 0 Å². The molecule has 0 aromatic carbocycles. The van der Waals surface area contributed by atoms with Crippen molar-refractivity contribution in [2.75, 3.05) is 6.54 Å². The maximum Gasteiger partial charge on any atom is 0.106 e. The monoisotopic (exact) mass is 207 g/mol. The second kappa shape index (κ2) is 4.79. The van der Waals surface area contributed by atoms with Gasteiger partial charge in [-0.25, -0.2) is 4.98 Å². The summed E-state index contributed by atoms with van der Waals surface area (Å²) in [4.78, 5) is 7.78. The fourth-order valence-corrected chi connectivity index (χ4v) is 1.69. The molecule has 3 nitrogen and oxygen atoms in total. The molecular weight excluding hydrogens is 186 g/mol. The molecule has 0 amide bonds. The smallest absolute Gasteiger partial charge is 0.106 e. The largest absolute Gasteiger partial charge is 0.345 e. The summed E-state index contributed by atoms with van der Waals surface area (Å²) in [7, 11) is 0. The minimum Gasteiger partial charge on any atom is -0.345 e. The lowest BCUT2D eigenvalue weighted by molar-refractivity contribution is 0.548. The first-order valence-electron chi connectivity index (χ1n) is 5.97. The number of imidazole rings is 1. The summed E-state index contributed by atoms with van der Waals surface area (Å²) in [5, 5.41) is 3.41. The summed E-state index contributed by atoms with van der Waals surface area (Å²) in [5.74, 6) is 2.78. The van der Waals surface area contributed by atoms with Crippen LogP contribution in [0.15, 0.2) is 6.20 Å². The van der Waals surface area contributed by atoms with Crippen LogP contribution < -0.4 is 5.32 Å². The van der Waals surface area contributed by atoms with E-state index in [9.17, 15) is 0 Å². The molecule has 0 bridgehead atoms. The van der Waals surface area contributed by atoms with Crippen LogP contribution in [-0.4, -0.2) is 16.5 Å². The van der Waals surface area contributed by atoms with E-state index in [1.807, 2.05) is 6.20 Å². The van der Waals surface area contributed by atoms with Gasteiger partial charge in [-0.2, -0.15) is 0 Å². The molecule has 0 aliphatic heterocycles. The van der Waals surface area contributed by atoms with Crippen molar-refractivity contribution in [3.63, 3.8) is 0 Å². The van der Waals surface area contributed by atoms with Crippen molar-refractivity contribution in [1.29, 1.82) is 0 Å². The fraction of sp³-hybridized carbons (Fsp3) is 0.750. The minimum atomic E-state index is 0.707. The Labute approximate surface area is 91.7 Å². The van der Waals surface area contributed by atoms with E-state index in [2.05, 4.69) is 29.1 Å². The van der Waals surface area contributed by atoms with Crippen LogP contribution in [0, 0.1) is 11.8 Å². The highest BCUT2D eigenvalue weighted by Gasteiger charge is 2.22. The topological polar surface area (TPSA) is 40.7 Å². The molecule has 2 N–H and O–H groups in total. The van der Waals surface area contributed by atoms with Gasteiger partial charge in [-0.1, -0.05) is 13.8 Å². The Morgan fingerprint density at radius 2 is 2.33 bits per heavy atom. The number of nitrogens with zero attached hydrogens (tertiary/aromatic N) is 1. The zero-order valence-corrected chi connectivity index (χ0v) is 9.71. The van der Waals surface area contributed by atoms with Crippen LogP contribution >= 0.6 is 0 Å². The molecule has 15 heavy (non-hydrogen) atoms. The van der Waals surface area contributed by atoms with Gasteiger partial charge >= 0.3 is 0 Å². The lowest BCUT2D eigenvalue weighted by atomic mass is 10.2. The average molecular weight is 207 g/mol. The standard InChI is InChI=1S/C12H21N3/c1-9(2)6-13-7-11-8-14-12(15-11)5-10-3-4-10/h8-10,13H,3-7H2,1-2H3,(H,14,15).